The number of carbonyl (C=O) groups is 1. The fraction of sp³-hybridized carbons (Fsp3) is 0.125. The second kappa shape index (κ2) is 5.36. The maximum atomic E-state index is 13.5. The predicted octanol–water partition coefficient (Wildman–Crippen LogP) is 2.55. The molecule has 0 fully saturated rings. The van der Waals surface area contributed by atoms with Gasteiger partial charge in [-0.15, -0.1) is 0 Å². The summed E-state index contributed by atoms with van der Waals surface area (Å²) in [7, 11) is 0. The van der Waals surface area contributed by atoms with Crippen LogP contribution in [0.1, 0.15) is 11.3 Å². The minimum Gasteiger partial charge on any atom is -0.399 e. The van der Waals surface area contributed by atoms with Gasteiger partial charge in [0.15, 0.2) is 0 Å². The van der Waals surface area contributed by atoms with Crippen LogP contribution in [0, 0.1) is 5.82 Å². The molecule has 3 rings (SSSR count). The number of nitrogens with two attached hydrogens (primary N) is 1. The molecule has 0 aliphatic rings. The summed E-state index contributed by atoms with van der Waals surface area (Å²) in [6.07, 6.45) is 1.02. The van der Waals surface area contributed by atoms with E-state index in [-0.39, 0.29) is 12.2 Å². The maximum Gasteiger partial charge on any atom is 0.126 e. The molecule has 0 unspecified atom stereocenters. The summed E-state index contributed by atoms with van der Waals surface area (Å²) < 4.78 is 15.2. The Morgan fingerprint density at radius 3 is 2.67 bits per heavy atom. The van der Waals surface area contributed by atoms with E-state index >= 15 is 0 Å². The molecule has 1 heterocycles. The molecule has 0 amide bonds. The molecule has 2 N–H and O–H groups in total. The molecule has 0 aliphatic heterocycles. The van der Waals surface area contributed by atoms with Crippen molar-refractivity contribution in [2.75, 3.05) is 5.73 Å². The first-order chi connectivity index (χ1) is 10.2. The number of carbonyl (C=O) groups excluding carboxylic acids is 1. The largest absolute Gasteiger partial charge is 0.399 e. The number of aldehydes is 1. The van der Waals surface area contributed by atoms with Crippen LogP contribution in [0.25, 0.3) is 10.9 Å². The summed E-state index contributed by atoms with van der Waals surface area (Å²) in [6.45, 7) is 0.499. The Morgan fingerprint density at radius 1 is 1.19 bits per heavy atom. The molecule has 1 aromatic heterocycles. The highest BCUT2D eigenvalue weighted by Crippen LogP contribution is 2.21. The van der Waals surface area contributed by atoms with Crippen LogP contribution in [0.2, 0.25) is 0 Å². The van der Waals surface area contributed by atoms with E-state index in [0.717, 1.165) is 17.2 Å². The monoisotopic (exact) mass is 283 g/mol. The summed E-state index contributed by atoms with van der Waals surface area (Å²) in [4.78, 5) is 10.8. The van der Waals surface area contributed by atoms with Crippen LogP contribution in [-0.2, 0) is 17.8 Å². The van der Waals surface area contributed by atoms with Crippen LogP contribution < -0.4 is 5.73 Å². The lowest BCUT2D eigenvalue weighted by Gasteiger charge is -2.04. The lowest BCUT2D eigenvalue weighted by Crippen LogP contribution is -2.02. The Kier molecular flexibility index (Phi) is 3.39. The van der Waals surface area contributed by atoms with Gasteiger partial charge in [0.2, 0.25) is 0 Å². The van der Waals surface area contributed by atoms with Gasteiger partial charge in [0.1, 0.15) is 12.1 Å². The van der Waals surface area contributed by atoms with Crippen molar-refractivity contribution in [3.8, 4) is 0 Å². The number of hydrogen-bond acceptors (Lipinski definition) is 3. The van der Waals surface area contributed by atoms with Gasteiger partial charge in [-0.2, -0.15) is 5.10 Å². The molecule has 0 saturated carbocycles. The standard InChI is InChI=1S/C16H14FN3O/c17-12-3-6-14-15(7-8-21)19-20(16(14)9-12)10-11-1-4-13(18)5-2-11/h1-6,8-9H,7,10,18H2. The van der Waals surface area contributed by atoms with Crippen molar-refractivity contribution in [3.05, 3.63) is 59.5 Å². The topological polar surface area (TPSA) is 60.9 Å². The van der Waals surface area contributed by atoms with E-state index in [4.69, 9.17) is 5.73 Å². The third-order valence-electron chi connectivity index (χ3n) is 3.38. The normalized spacial score (nSPS) is 10.9. The molecule has 4 nitrogen and oxygen atoms in total. The fourth-order valence-electron chi connectivity index (χ4n) is 2.36. The van der Waals surface area contributed by atoms with Gasteiger partial charge < -0.3 is 10.5 Å². The van der Waals surface area contributed by atoms with E-state index in [0.29, 0.717) is 23.4 Å². The fourth-order valence-corrected chi connectivity index (χ4v) is 2.36. The number of anilines is 1. The van der Waals surface area contributed by atoms with Gasteiger partial charge in [0.05, 0.1) is 17.8 Å². The molecule has 0 bridgehead atoms. The number of benzene rings is 2. The number of nitrogens with zero attached hydrogens (tertiary/aromatic N) is 2. The smallest absolute Gasteiger partial charge is 0.126 e. The van der Waals surface area contributed by atoms with Gasteiger partial charge in [-0.3, -0.25) is 4.68 Å². The second-order valence-corrected chi connectivity index (χ2v) is 4.88. The van der Waals surface area contributed by atoms with Crippen molar-refractivity contribution in [2.24, 2.45) is 0 Å². The number of fused-ring (bicyclic) bond motifs is 1. The molecule has 106 valence electrons. The first-order valence-corrected chi connectivity index (χ1v) is 6.60. The Balaban J connectivity index is 2.06. The van der Waals surface area contributed by atoms with E-state index in [2.05, 4.69) is 5.10 Å². The first kappa shape index (κ1) is 13.3. The summed E-state index contributed by atoms with van der Waals surface area (Å²) >= 11 is 0. The third kappa shape index (κ3) is 2.63. The van der Waals surface area contributed by atoms with E-state index in [1.165, 1.54) is 12.1 Å². The minimum atomic E-state index is -0.321. The molecule has 0 atom stereocenters. The summed E-state index contributed by atoms with van der Waals surface area (Å²) in [6, 6.07) is 11.9. The Hall–Kier alpha value is -2.69. The zero-order valence-electron chi connectivity index (χ0n) is 11.3. The van der Waals surface area contributed by atoms with Gasteiger partial charge >= 0.3 is 0 Å². The zero-order chi connectivity index (χ0) is 14.8. The van der Waals surface area contributed by atoms with Crippen molar-refractivity contribution >= 4 is 22.9 Å². The lowest BCUT2D eigenvalue weighted by molar-refractivity contribution is -0.107. The third-order valence-corrected chi connectivity index (χ3v) is 3.38. The highest BCUT2D eigenvalue weighted by molar-refractivity contribution is 5.84. The van der Waals surface area contributed by atoms with Crippen molar-refractivity contribution in [2.45, 2.75) is 13.0 Å². The molecule has 5 heteroatoms. The Bertz CT molecular complexity index is 793. The van der Waals surface area contributed by atoms with Crippen LogP contribution in [0.15, 0.2) is 42.5 Å². The van der Waals surface area contributed by atoms with Crippen LogP contribution in [0.4, 0.5) is 10.1 Å². The quantitative estimate of drug-likeness (QED) is 0.591. The molecule has 0 radical (unpaired) electrons. The molecular formula is C16H14FN3O. The van der Waals surface area contributed by atoms with E-state index in [9.17, 15) is 9.18 Å². The molecular weight excluding hydrogens is 269 g/mol. The molecule has 21 heavy (non-hydrogen) atoms. The van der Waals surface area contributed by atoms with Crippen molar-refractivity contribution in [3.63, 3.8) is 0 Å². The van der Waals surface area contributed by atoms with Gasteiger partial charge in [0.25, 0.3) is 0 Å². The average Bonchev–Trinajstić information content (AvgIpc) is 2.79. The number of aromatic nitrogens is 2. The molecule has 0 saturated heterocycles. The van der Waals surface area contributed by atoms with E-state index < -0.39 is 0 Å². The Morgan fingerprint density at radius 2 is 1.95 bits per heavy atom. The number of halogens is 1. The molecule has 0 spiro atoms. The summed E-state index contributed by atoms with van der Waals surface area (Å²) in [5.74, 6) is -0.321. The van der Waals surface area contributed by atoms with Crippen LogP contribution in [0.5, 0.6) is 0 Å². The molecule has 0 aliphatic carbocycles. The molecule has 3 aromatic rings. The molecule has 2 aromatic carbocycles. The lowest BCUT2D eigenvalue weighted by atomic mass is 10.1. The minimum absolute atomic E-state index is 0.219. The van der Waals surface area contributed by atoms with E-state index in [1.54, 1.807) is 10.7 Å². The van der Waals surface area contributed by atoms with Crippen LogP contribution in [0.3, 0.4) is 0 Å². The van der Waals surface area contributed by atoms with Crippen molar-refractivity contribution in [1.29, 1.82) is 0 Å². The van der Waals surface area contributed by atoms with Gasteiger partial charge in [0, 0.05) is 17.5 Å². The predicted molar refractivity (Wildman–Crippen MR) is 79.4 cm³/mol. The number of nitrogen functional groups attached to an aromatic ring is 1. The van der Waals surface area contributed by atoms with Crippen molar-refractivity contribution in [1.82, 2.24) is 9.78 Å². The number of rotatable bonds is 4. The summed E-state index contributed by atoms with van der Waals surface area (Å²) in [5, 5.41) is 5.23. The average molecular weight is 283 g/mol. The van der Waals surface area contributed by atoms with Crippen LogP contribution >= 0.6 is 0 Å². The van der Waals surface area contributed by atoms with Crippen molar-refractivity contribution < 1.29 is 9.18 Å². The second-order valence-electron chi connectivity index (χ2n) is 4.88. The van der Waals surface area contributed by atoms with Crippen LogP contribution in [-0.4, -0.2) is 16.1 Å². The highest BCUT2D eigenvalue weighted by atomic mass is 19.1. The maximum absolute atomic E-state index is 13.5. The first-order valence-electron chi connectivity index (χ1n) is 6.60. The number of hydrogen-bond donors (Lipinski definition) is 1. The van der Waals surface area contributed by atoms with E-state index in [1.807, 2.05) is 24.3 Å². The van der Waals surface area contributed by atoms with Gasteiger partial charge in [-0.1, -0.05) is 12.1 Å². The SMILES string of the molecule is Nc1ccc(Cn2nc(CC=O)c3ccc(F)cc32)cc1. The van der Waals surface area contributed by atoms with Gasteiger partial charge in [-0.25, -0.2) is 4.39 Å². The van der Waals surface area contributed by atoms with Gasteiger partial charge in [-0.05, 0) is 35.9 Å². The Labute approximate surface area is 121 Å². The highest BCUT2D eigenvalue weighted by Gasteiger charge is 2.11. The summed E-state index contributed by atoms with van der Waals surface area (Å²) in [5.41, 5.74) is 8.71. The zero-order valence-corrected chi connectivity index (χ0v) is 11.3.